The molecule has 2 aromatic rings. The molecule has 0 aromatic heterocycles. The predicted molar refractivity (Wildman–Crippen MR) is 141 cm³/mol. The molecule has 0 amide bonds. The molecule has 1 aliphatic rings. The molecule has 0 aliphatic carbocycles. The lowest BCUT2D eigenvalue weighted by molar-refractivity contribution is -0.137. The number of aryl methyl sites for hydroxylation is 3. The number of aliphatic hydroxyl groups is 1. The third-order valence-corrected chi connectivity index (χ3v) is 7.37. The number of halogens is 2. The van der Waals surface area contributed by atoms with E-state index in [1.807, 2.05) is 25.1 Å². The minimum absolute atomic E-state index is 0.117. The molecule has 0 radical (unpaired) electrons. The molecular formula is C30H41F2NO4. The molecule has 0 saturated carbocycles. The van der Waals surface area contributed by atoms with E-state index in [0.29, 0.717) is 43.4 Å². The Morgan fingerprint density at radius 1 is 1.14 bits per heavy atom. The quantitative estimate of drug-likeness (QED) is 0.305. The van der Waals surface area contributed by atoms with Crippen molar-refractivity contribution in [2.24, 2.45) is 0 Å². The Balaban J connectivity index is 1.58. The Hall–Kier alpha value is -2.35. The molecule has 2 N–H and O–H groups in total. The number of ether oxygens (including phenoxy) is 1. The lowest BCUT2D eigenvalue weighted by Gasteiger charge is -2.28. The number of hydrogen-bond donors (Lipinski definition) is 2. The average Bonchev–Trinajstić information content (AvgIpc) is 3.28. The lowest BCUT2D eigenvalue weighted by Crippen LogP contribution is -2.39. The SMILES string of the molecule is CC[C@@H](OC[C@H](O)CN1CCC[C@H]1Cc1ccc(C)c(F)c1)c1cc(F)c(C)cc1CCCCC(=O)O. The number of rotatable bonds is 14. The van der Waals surface area contributed by atoms with E-state index in [4.69, 9.17) is 9.84 Å². The number of unbranched alkanes of at least 4 members (excludes halogenated alkanes) is 1. The summed E-state index contributed by atoms with van der Waals surface area (Å²) in [7, 11) is 0. The topological polar surface area (TPSA) is 70.0 Å². The highest BCUT2D eigenvalue weighted by atomic mass is 19.1. The Morgan fingerprint density at radius 3 is 2.59 bits per heavy atom. The van der Waals surface area contributed by atoms with Gasteiger partial charge in [0.05, 0.1) is 18.8 Å². The van der Waals surface area contributed by atoms with E-state index in [0.717, 1.165) is 42.5 Å². The maximum atomic E-state index is 14.5. The molecule has 3 rings (SSSR count). The van der Waals surface area contributed by atoms with Crippen molar-refractivity contribution in [3.63, 3.8) is 0 Å². The van der Waals surface area contributed by atoms with Gasteiger partial charge in [-0.25, -0.2) is 8.78 Å². The van der Waals surface area contributed by atoms with Crippen LogP contribution in [0.3, 0.4) is 0 Å². The highest BCUT2D eigenvalue weighted by molar-refractivity contribution is 5.66. The number of hydrogen-bond acceptors (Lipinski definition) is 4. The van der Waals surface area contributed by atoms with Gasteiger partial charge in [0.1, 0.15) is 11.6 Å². The summed E-state index contributed by atoms with van der Waals surface area (Å²) in [6.07, 6.45) is 4.40. The second kappa shape index (κ2) is 14.0. The van der Waals surface area contributed by atoms with Crippen molar-refractivity contribution in [2.45, 2.75) is 90.4 Å². The van der Waals surface area contributed by atoms with Crippen molar-refractivity contribution in [1.82, 2.24) is 4.90 Å². The standard InChI is InChI=1S/C30H41F2NO4/c1-4-29(26-17-28(32)21(3)14-23(26)8-5-6-10-30(35)36)37-19-25(34)18-33-13-7-9-24(33)15-22-12-11-20(2)27(31)16-22/h11-12,14,16-17,24-25,29,34H,4-10,13,15,18-19H2,1-3H3,(H,35,36)/t24-,25+,29+/m0/s1. The van der Waals surface area contributed by atoms with E-state index in [1.54, 1.807) is 19.9 Å². The smallest absolute Gasteiger partial charge is 0.303 e. The molecular weight excluding hydrogens is 476 g/mol. The number of β-amino-alcohol motifs (C(OH)–C–C–N with tert-alkyl or cyclic N) is 1. The van der Waals surface area contributed by atoms with E-state index in [9.17, 15) is 18.7 Å². The number of carboxylic acid groups (broad SMARTS) is 1. The molecule has 0 bridgehead atoms. The lowest BCUT2D eigenvalue weighted by atomic mass is 9.94. The largest absolute Gasteiger partial charge is 0.481 e. The van der Waals surface area contributed by atoms with E-state index in [2.05, 4.69) is 4.90 Å². The predicted octanol–water partition coefficient (Wildman–Crippen LogP) is 5.91. The van der Waals surface area contributed by atoms with Gasteiger partial charge in [0.15, 0.2) is 0 Å². The van der Waals surface area contributed by atoms with Gasteiger partial charge in [-0.3, -0.25) is 9.69 Å². The number of carboxylic acids is 1. The molecule has 0 unspecified atom stereocenters. The normalized spacial score (nSPS) is 17.7. The molecule has 2 aromatic carbocycles. The second-order valence-electron chi connectivity index (χ2n) is 10.4. The summed E-state index contributed by atoms with van der Waals surface area (Å²) in [6, 6.07) is 9.00. The van der Waals surface area contributed by atoms with Gasteiger partial charge in [-0.2, -0.15) is 0 Å². The maximum absolute atomic E-state index is 14.5. The number of aliphatic carboxylic acids is 1. The first-order valence-electron chi connectivity index (χ1n) is 13.5. The van der Waals surface area contributed by atoms with Gasteiger partial charge in [0.2, 0.25) is 0 Å². The fourth-order valence-electron chi connectivity index (χ4n) is 5.24. The summed E-state index contributed by atoms with van der Waals surface area (Å²) in [5.41, 5.74) is 3.90. The Labute approximate surface area is 219 Å². The van der Waals surface area contributed by atoms with Crippen LogP contribution in [0.25, 0.3) is 0 Å². The Morgan fingerprint density at radius 2 is 1.89 bits per heavy atom. The Kier molecular flexibility index (Phi) is 11.0. The van der Waals surface area contributed by atoms with Crippen molar-refractivity contribution in [3.05, 3.63) is 69.8 Å². The third kappa shape index (κ3) is 8.59. The Bertz CT molecular complexity index is 1040. The maximum Gasteiger partial charge on any atom is 0.303 e. The first kappa shape index (κ1) is 29.2. The first-order valence-corrected chi connectivity index (χ1v) is 13.5. The third-order valence-electron chi connectivity index (χ3n) is 7.37. The highest BCUT2D eigenvalue weighted by Crippen LogP contribution is 2.29. The number of carbonyl (C=O) groups is 1. The molecule has 3 atom stereocenters. The van der Waals surface area contributed by atoms with Crippen LogP contribution in [0.2, 0.25) is 0 Å². The molecule has 7 heteroatoms. The van der Waals surface area contributed by atoms with Crippen LogP contribution < -0.4 is 0 Å². The molecule has 1 heterocycles. The summed E-state index contributed by atoms with van der Waals surface area (Å²) < 4.78 is 34.6. The van der Waals surface area contributed by atoms with E-state index < -0.39 is 12.1 Å². The van der Waals surface area contributed by atoms with Crippen molar-refractivity contribution < 1.29 is 28.5 Å². The van der Waals surface area contributed by atoms with Gasteiger partial charge in [0, 0.05) is 19.0 Å². The van der Waals surface area contributed by atoms with E-state index >= 15 is 0 Å². The summed E-state index contributed by atoms with van der Waals surface area (Å²) in [5, 5.41) is 19.7. The summed E-state index contributed by atoms with van der Waals surface area (Å²) in [4.78, 5) is 13.1. The minimum atomic E-state index is -0.814. The highest BCUT2D eigenvalue weighted by Gasteiger charge is 2.27. The van der Waals surface area contributed by atoms with Crippen LogP contribution >= 0.6 is 0 Å². The van der Waals surface area contributed by atoms with Gasteiger partial charge in [-0.05, 0) is 105 Å². The average molecular weight is 518 g/mol. The van der Waals surface area contributed by atoms with Crippen LogP contribution in [-0.2, 0) is 22.4 Å². The second-order valence-corrected chi connectivity index (χ2v) is 10.4. The zero-order valence-electron chi connectivity index (χ0n) is 22.3. The van der Waals surface area contributed by atoms with Crippen molar-refractivity contribution in [3.8, 4) is 0 Å². The van der Waals surface area contributed by atoms with Gasteiger partial charge >= 0.3 is 5.97 Å². The fraction of sp³-hybridized carbons (Fsp3) is 0.567. The first-order chi connectivity index (χ1) is 17.7. The molecule has 204 valence electrons. The van der Waals surface area contributed by atoms with Crippen LogP contribution in [0.1, 0.15) is 79.4 Å². The fourth-order valence-corrected chi connectivity index (χ4v) is 5.24. The molecule has 5 nitrogen and oxygen atoms in total. The van der Waals surface area contributed by atoms with Gasteiger partial charge in [-0.15, -0.1) is 0 Å². The summed E-state index contributed by atoms with van der Waals surface area (Å²) in [5.74, 6) is -1.29. The van der Waals surface area contributed by atoms with Gasteiger partial charge < -0.3 is 14.9 Å². The number of nitrogens with zero attached hydrogens (tertiary/aromatic N) is 1. The van der Waals surface area contributed by atoms with Crippen molar-refractivity contribution in [2.75, 3.05) is 19.7 Å². The van der Waals surface area contributed by atoms with E-state index in [1.165, 1.54) is 6.07 Å². The summed E-state index contributed by atoms with van der Waals surface area (Å²) >= 11 is 0. The molecule has 1 fully saturated rings. The van der Waals surface area contributed by atoms with Crippen LogP contribution in [0.4, 0.5) is 8.78 Å². The zero-order chi connectivity index (χ0) is 26.9. The number of aliphatic hydroxyl groups excluding tert-OH is 1. The van der Waals surface area contributed by atoms with Gasteiger partial charge in [-0.1, -0.05) is 25.1 Å². The van der Waals surface area contributed by atoms with Crippen LogP contribution in [0, 0.1) is 25.5 Å². The zero-order valence-corrected chi connectivity index (χ0v) is 22.3. The molecule has 37 heavy (non-hydrogen) atoms. The van der Waals surface area contributed by atoms with Crippen LogP contribution in [0.5, 0.6) is 0 Å². The van der Waals surface area contributed by atoms with Crippen LogP contribution in [-0.4, -0.2) is 52.9 Å². The monoisotopic (exact) mass is 517 g/mol. The minimum Gasteiger partial charge on any atom is -0.481 e. The van der Waals surface area contributed by atoms with Crippen LogP contribution in [0.15, 0.2) is 30.3 Å². The van der Waals surface area contributed by atoms with Crippen molar-refractivity contribution in [1.29, 1.82) is 0 Å². The molecule has 1 aliphatic heterocycles. The number of likely N-dealkylation sites (tertiary alicyclic amines) is 1. The molecule has 0 spiro atoms. The van der Waals surface area contributed by atoms with Crippen molar-refractivity contribution >= 4 is 5.97 Å². The summed E-state index contributed by atoms with van der Waals surface area (Å²) in [6.45, 7) is 6.95. The number of benzene rings is 2. The van der Waals surface area contributed by atoms with E-state index in [-0.39, 0.29) is 36.8 Å². The molecule has 1 saturated heterocycles. The van der Waals surface area contributed by atoms with Gasteiger partial charge in [0.25, 0.3) is 0 Å².